The van der Waals surface area contributed by atoms with Gasteiger partial charge in [0.25, 0.3) is 0 Å². The van der Waals surface area contributed by atoms with E-state index in [1.54, 1.807) is 0 Å². The number of hydrogen-bond acceptors (Lipinski definition) is 0. The van der Waals surface area contributed by atoms with E-state index in [1.807, 2.05) is 0 Å². The lowest BCUT2D eigenvalue weighted by Crippen LogP contribution is -1.99. The summed E-state index contributed by atoms with van der Waals surface area (Å²) in [6.07, 6.45) is 4.56. The summed E-state index contributed by atoms with van der Waals surface area (Å²) in [5, 5.41) is 2.63. The third-order valence-electron chi connectivity index (χ3n) is 4.43. The SMILES string of the molecule is Cc1c(C2C=Cc3ccccc32)ccc2cc(Br)ccc12. The Labute approximate surface area is 133 Å². The molecule has 3 aromatic rings. The normalized spacial score (nSPS) is 16.4. The largest absolute Gasteiger partial charge is 0.0720 e. The molecule has 1 heteroatoms. The summed E-state index contributed by atoms with van der Waals surface area (Å²) < 4.78 is 1.13. The fourth-order valence-corrected chi connectivity index (χ4v) is 3.71. The van der Waals surface area contributed by atoms with Crippen molar-refractivity contribution in [3.63, 3.8) is 0 Å². The molecule has 0 saturated carbocycles. The van der Waals surface area contributed by atoms with E-state index in [1.165, 1.54) is 33.0 Å². The Morgan fingerprint density at radius 2 is 1.76 bits per heavy atom. The first-order valence-electron chi connectivity index (χ1n) is 7.20. The Balaban J connectivity index is 1.91. The standard InChI is InChI=1S/C20H15Br/c1-13-17-11-8-16(21)12-15(17)7-9-18(13)20-10-6-14-4-2-3-5-19(14)20/h2-12,20H,1H3. The van der Waals surface area contributed by atoms with Gasteiger partial charge in [-0.25, -0.2) is 0 Å². The maximum atomic E-state index is 3.55. The highest BCUT2D eigenvalue weighted by atomic mass is 79.9. The first-order chi connectivity index (χ1) is 10.2. The van der Waals surface area contributed by atoms with Gasteiger partial charge in [-0.1, -0.05) is 70.5 Å². The third-order valence-corrected chi connectivity index (χ3v) is 4.92. The van der Waals surface area contributed by atoms with Gasteiger partial charge in [-0.3, -0.25) is 0 Å². The zero-order valence-corrected chi connectivity index (χ0v) is 13.4. The molecule has 0 heterocycles. The van der Waals surface area contributed by atoms with Crippen LogP contribution in [0, 0.1) is 6.92 Å². The minimum atomic E-state index is 0.384. The number of benzene rings is 3. The minimum Gasteiger partial charge on any atom is -0.0720 e. The van der Waals surface area contributed by atoms with E-state index >= 15 is 0 Å². The van der Waals surface area contributed by atoms with Crippen molar-refractivity contribution in [2.45, 2.75) is 12.8 Å². The molecule has 0 aromatic heterocycles. The molecule has 0 nitrogen and oxygen atoms in total. The highest BCUT2D eigenvalue weighted by Crippen LogP contribution is 2.38. The predicted octanol–water partition coefficient (Wildman–Crippen LogP) is 6.07. The molecule has 1 aliphatic rings. The van der Waals surface area contributed by atoms with Crippen LogP contribution in [-0.2, 0) is 0 Å². The second-order valence-corrected chi connectivity index (χ2v) is 6.53. The minimum absolute atomic E-state index is 0.384. The number of hydrogen-bond donors (Lipinski definition) is 0. The van der Waals surface area contributed by atoms with E-state index in [4.69, 9.17) is 0 Å². The van der Waals surface area contributed by atoms with Crippen LogP contribution in [0.4, 0.5) is 0 Å². The fraction of sp³-hybridized carbons (Fsp3) is 0.100. The summed E-state index contributed by atoms with van der Waals surface area (Å²) in [5.74, 6) is 0.384. The van der Waals surface area contributed by atoms with Crippen molar-refractivity contribution in [2.75, 3.05) is 0 Å². The van der Waals surface area contributed by atoms with Crippen molar-refractivity contribution >= 4 is 32.8 Å². The first kappa shape index (κ1) is 12.8. The van der Waals surface area contributed by atoms with Gasteiger partial charge in [-0.15, -0.1) is 0 Å². The summed E-state index contributed by atoms with van der Waals surface area (Å²) in [4.78, 5) is 0. The molecule has 0 N–H and O–H groups in total. The maximum Gasteiger partial charge on any atom is 0.0281 e. The van der Waals surface area contributed by atoms with Gasteiger partial charge in [-0.05, 0) is 52.1 Å². The molecule has 0 spiro atoms. The average molecular weight is 335 g/mol. The Morgan fingerprint density at radius 3 is 2.67 bits per heavy atom. The predicted molar refractivity (Wildman–Crippen MR) is 93.7 cm³/mol. The smallest absolute Gasteiger partial charge is 0.0281 e. The van der Waals surface area contributed by atoms with Crippen LogP contribution in [0.1, 0.15) is 28.2 Å². The quantitative estimate of drug-likeness (QED) is 0.506. The molecule has 102 valence electrons. The monoisotopic (exact) mass is 334 g/mol. The molecule has 1 atom stereocenters. The zero-order valence-electron chi connectivity index (χ0n) is 11.8. The van der Waals surface area contributed by atoms with Gasteiger partial charge in [0.15, 0.2) is 0 Å². The Hall–Kier alpha value is -1.86. The summed E-state index contributed by atoms with van der Waals surface area (Å²) >= 11 is 3.55. The summed E-state index contributed by atoms with van der Waals surface area (Å²) in [6, 6.07) is 19.7. The van der Waals surface area contributed by atoms with Crippen molar-refractivity contribution in [2.24, 2.45) is 0 Å². The van der Waals surface area contributed by atoms with Crippen LogP contribution in [0.5, 0.6) is 0 Å². The molecule has 0 fully saturated rings. The van der Waals surface area contributed by atoms with E-state index in [9.17, 15) is 0 Å². The van der Waals surface area contributed by atoms with Crippen LogP contribution in [0.15, 0.2) is 65.1 Å². The summed E-state index contributed by atoms with van der Waals surface area (Å²) in [5.41, 5.74) is 5.55. The van der Waals surface area contributed by atoms with Crippen molar-refractivity contribution < 1.29 is 0 Å². The van der Waals surface area contributed by atoms with Crippen molar-refractivity contribution in [3.05, 3.63) is 87.4 Å². The zero-order chi connectivity index (χ0) is 14.4. The van der Waals surface area contributed by atoms with Crippen molar-refractivity contribution in [3.8, 4) is 0 Å². The topological polar surface area (TPSA) is 0 Å². The third kappa shape index (κ3) is 2.04. The van der Waals surface area contributed by atoms with Crippen LogP contribution in [-0.4, -0.2) is 0 Å². The molecule has 0 saturated heterocycles. The average Bonchev–Trinajstić information content (AvgIpc) is 2.91. The second kappa shape index (κ2) is 4.85. The van der Waals surface area contributed by atoms with Crippen LogP contribution >= 0.6 is 15.9 Å². The molecule has 1 unspecified atom stereocenters. The molecular formula is C20H15Br. The summed E-state index contributed by atoms with van der Waals surface area (Å²) in [6.45, 7) is 2.24. The van der Waals surface area contributed by atoms with Crippen molar-refractivity contribution in [1.82, 2.24) is 0 Å². The number of allylic oxidation sites excluding steroid dienone is 1. The van der Waals surface area contributed by atoms with Crippen LogP contribution in [0.2, 0.25) is 0 Å². The van der Waals surface area contributed by atoms with E-state index in [0.717, 1.165) is 4.47 Å². The lowest BCUT2D eigenvalue weighted by molar-refractivity contribution is 1.04. The number of halogens is 1. The van der Waals surface area contributed by atoms with Gasteiger partial charge in [0.05, 0.1) is 0 Å². The highest BCUT2D eigenvalue weighted by Gasteiger charge is 2.20. The number of fused-ring (bicyclic) bond motifs is 2. The first-order valence-corrected chi connectivity index (χ1v) is 7.99. The van der Waals surface area contributed by atoms with Crippen molar-refractivity contribution in [1.29, 1.82) is 0 Å². The highest BCUT2D eigenvalue weighted by molar-refractivity contribution is 9.10. The fourth-order valence-electron chi connectivity index (χ4n) is 3.33. The molecule has 0 bridgehead atoms. The molecule has 1 aliphatic carbocycles. The lowest BCUT2D eigenvalue weighted by atomic mass is 9.88. The molecular weight excluding hydrogens is 320 g/mol. The van der Waals surface area contributed by atoms with Gasteiger partial charge in [0.1, 0.15) is 0 Å². The van der Waals surface area contributed by atoms with E-state index in [-0.39, 0.29) is 0 Å². The summed E-state index contributed by atoms with van der Waals surface area (Å²) in [7, 11) is 0. The Bertz CT molecular complexity index is 874. The Morgan fingerprint density at radius 1 is 0.905 bits per heavy atom. The van der Waals surface area contributed by atoms with Crippen LogP contribution in [0.25, 0.3) is 16.8 Å². The maximum absolute atomic E-state index is 3.55. The Kier molecular flexibility index (Phi) is 2.97. The molecule has 21 heavy (non-hydrogen) atoms. The molecule has 4 rings (SSSR count). The second-order valence-electron chi connectivity index (χ2n) is 5.61. The van der Waals surface area contributed by atoms with E-state index < -0.39 is 0 Å². The lowest BCUT2D eigenvalue weighted by Gasteiger charge is -2.16. The van der Waals surface area contributed by atoms with Gasteiger partial charge in [-0.2, -0.15) is 0 Å². The van der Waals surface area contributed by atoms with E-state index in [0.29, 0.717) is 5.92 Å². The number of rotatable bonds is 1. The molecule has 0 aliphatic heterocycles. The van der Waals surface area contributed by atoms with Crippen LogP contribution < -0.4 is 0 Å². The molecule has 3 aromatic carbocycles. The van der Waals surface area contributed by atoms with Gasteiger partial charge >= 0.3 is 0 Å². The van der Waals surface area contributed by atoms with Gasteiger partial charge < -0.3 is 0 Å². The van der Waals surface area contributed by atoms with Gasteiger partial charge in [0.2, 0.25) is 0 Å². The molecule has 0 amide bonds. The number of aryl methyl sites for hydroxylation is 1. The van der Waals surface area contributed by atoms with E-state index in [2.05, 4.69) is 89.6 Å². The molecule has 0 radical (unpaired) electrons. The van der Waals surface area contributed by atoms with Gasteiger partial charge in [0, 0.05) is 10.4 Å². The van der Waals surface area contributed by atoms with Crippen LogP contribution in [0.3, 0.4) is 0 Å².